The van der Waals surface area contributed by atoms with Crippen LogP contribution in [0, 0.1) is 5.92 Å². The molecule has 0 aromatic rings. The number of hydrogen-bond donors (Lipinski definition) is 0. The fraction of sp³-hybridized carbons (Fsp3) is 0.889. The van der Waals surface area contributed by atoms with Crippen LogP contribution in [0.5, 0.6) is 0 Å². The Morgan fingerprint density at radius 2 is 2.17 bits per heavy atom. The Kier molecular flexibility index (Phi) is 2.05. The summed E-state index contributed by atoms with van der Waals surface area (Å²) in [6, 6.07) is 0. The average Bonchev–Trinajstić information content (AvgIpc) is 2.76. The lowest BCUT2D eigenvalue weighted by Crippen LogP contribution is -2.55. The topological polar surface area (TPSA) is 29.5 Å². The van der Waals surface area contributed by atoms with Crippen LogP contribution in [0.15, 0.2) is 0 Å². The van der Waals surface area contributed by atoms with Crippen molar-refractivity contribution in [3.63, 3.8) is 0 Å². The van der Waals surface area contributed by atoms with Crippen molar-refractivity contribution in [1.29, 1.82) is 0 Å². The summed E-state index contributed by atoms with van der Waals surface area (Å²) in [5, 5.41) is 0. The van der Waals surface area contributed by atoms with E-state index in [2.05, 4.69) is 0 Å². The van der Waals surface area contributed by atoms with E-state index in [1.807, 2.05) is 11.8 Å². The summed E-state index contributed by atoms with van der Waals surface area (Å²) in [7, 11) is 0. The molecule has 1 amide bonds. The minimum absolute atomic E-state index is 0.317. The molecule has 1 saturated carbocycles. The first-order valence-corrected chi connectivity index (χ1v) is 4.71. The van der Waals surface area contributed by atoms with Gasteiger partial charge in [-0.05, 0) is 19.8 Å². The zero-order valence-corrected chi connectivity index (χ0v) is 7.45. The number of amides is 1. The van der Waals surface area contributed by atoms with Crippen LogP contribution in [0.1, 0.15) is 19.8 Å². The number of likely N-dealkylation sites (tertiary alicyclic amines) is 1. The third kappa shape index (κ3) is 1.46. The van der Waals surface area contributed by atoms with E-state index in [4.69, 9.17) is 4.74 Å². The fourth-order valence-corrected chi connectivity index (χ4v) is 1.55. The van der Waals surface area contributed by atoms with Gasteiger partial charge in [-0.15, -0.1) is 0 Å². The zero-order valence-electron chi connectivity index (χ0n) is 7.45. The van der Waals surface area contributed by atoms with Gasteiger partial charge in [0.2, 0.25) is 5.91 Å². The quantitative estimate of drug-likeness (QED) is 0.620. The Morgan fingerprint density at radius 1 is 1.50 bits per heavy atom. The summed E-state index contributed by atoms with van der Waals surface area (Å²) in [5.74, 6) is 0.721. The standard InChI is InChI=1S/C9H15NO2/c1-2-12-8-5-10(6-8)9(11)7-3-4-7/h7-8H,2-6H2,1H3. The number of carbonyl (C=O) groups excluding carboxylic acids is 1. The van der Waals surface area contributed by atoms with Gasteiger partial charge >= 0.3 is 0 Å². The Bertz CT molecular complexity index is 183. The molecule has 2 aliphatic rings. The highest BCUT2D eigenvalue weighted by atomic mass is 16.5. The molecule has 0 bridgehead atoms. The van der Waals surface area contributed by atoms with Crippen LogP contribution in [-0.2, 0) is 9.53 Å². The van der Waals surface area contributed by atoms with Gasteiger partial charge in [0.15, 0.2) is 0 Å². The highest BCUT2D eigenvalue weighted by Crippen LogP contribution is 2.32. The molecule has 1 saturated heterocycles. The molecule has 0 aromatic heterocycles. The van der Waals surface area contributed by atoms with Crippen LogP contribution in [0.3, 0.4) is 0 Å². The van der Waals surface area contributed by atoms with Gasteiger partial charge in [-0.2, -0.15) is 0 Å². The van der Waals surface area contributed by atoms with Gasteiger partial charge in [0.05, 0.1) is 6.10 Å². The molecule has 1 aliphatic heterocycles. The molecule has 0 spiro atoms. The van der Waals surface area contributed by atoms with E-state index in [-0.39, 0.29) is 0 Å². The van der Waals surface area contributed by atoms with Gasteiger partial charge in [-0.25, -0.2) is 0 Å². The zero-order chi connectivity index (χ0) is 8.55. The van der Waals surface area contributed by atoms with Crippen molar-refractivity contribution in [3.8, 4) is 0 Å². The molecule has 1 aliphatic carbocycles. The van der Waals surface area contributed by atoms with E-state index in [1.165, 1.54) is 0 Å². The van der Waals surface area contributed by atoms with Gasteiger partial charge in [0, 0.05) is 25.6 Å². The number of rotatable bonds is 3. The Morgan fingerprint density at radius 3 is 2.67 bits per heavy atom. The lowest BCUT2D eigenvalue weighted by atomic mass is 10.1. The second kappa shape index (κ2) is 3.05. The van der Waals surface area contributed by atoms with Crippen molar-refractivity contribution in [1.82, 2.24) is 4.90 Å². The summed E-state index contributed by atoms with van der Waals surface area (Å²) in [5.41, 5.74) is 0. The summed E-state index contributed by atoms with van der Waals surface area (Å²) >= 11 is 0. The summed E-state index contributed by atoms with van der Waals surface area (Å²) in [6.45, 7) is 4.40. The van der Waals surface area contributed by atoms with E-state index >= 15 is 0 Å². The molecule has 68 valence electrons. The molecule has 12 heavy (non-hydrogen) atoms. The summed E-state index contributed by atoms with van der Waals surface area (Å²) < 4.78 is 5.36. The maximum atomic E-state index is 11.4. The minimum Gasteiger partial charge on any atom is -0.375 e. The Balaban J connectivity index is 1.69. The van der Waals surface area contributed by atoms with Crippen LogP contribution < -0.4 is 0 Å². The van der Waals surface area contributed by atoms with Crippen LogP contribution >= 0.6 is 0 Å². The predicted molar refractivity (Wildman–Crippen MR) is 44.7 cm³/mol. The lowest BCUT2D eigenvalue weighted by molar-refractivity contribution is -0.145. The van der Waals surface area contributed by atoms with Crippen LogP contribution in [0.4, 0.5) is 0 Å². The van der Waals surface area contributed by atoms with Crippen molar-refractivity contribution in [2.24, 2.45) is 5.92 Å². The first-order chi connectivity index (χ1) is 5.81. The maximum Gasteiger partial charge on any atom is 0.225 e. The first kappa shape index (κ1) is 8.05. The third-order valence-corrected chi connectivity index (χ3v) is 2.49. The van der Waals surface area contributed by atoms with Gasteiger partial charge < -0.3 is 9.64 Å². The first-order valence-electron chi connectivity index (χ1n) is 4.71. The van der Waals surface area contributed by atoms with E-state index in [0.29, 0.717) is 17.9 Å². The molecule has 3 nitrogen and oxygen atoms in total. The minimum atomic E-state index is 0.317. The molecular weight excluding hydrogens is 154 g/mol. The van der Waals surface area contributed by atoms with Crippen molar-refractivity contribution < 1.29 is 9.53 Å². The Hall–Kier alpha value is -0.570. The van der Waals surface area contributed by atoms with Crippen LogP contribution in [0.25, 0.3) is 0 Å². The highest BCUT2D eigenvalue weighted by Gasteiger charge is 2.39. The second-order valence-corrected chi connectivity index (χ2v) is 3.59. The maximum absolute atomic E-state index is 11.4. The molecule has 0 aromatic carbocycles. The van der Waals surface area contributed by atoms with Crippen molar-refractivity contribution in [2.75, 3.05) is 19.7 Å². The molecule has 0 radical (unpaired) electrons. The number of nitrogens with zero attached hydrogens (tertiary/aromatic N) is 1. The van der Waals surface area contributed by atoms with Gasteiger partial charge in [0.25, 0.3) is 0 Å². The predicted octanol–water partition coefficient (Wildman–Crippen LogP) is 0.644. The van der Waals surface area contributed by atoms with Crippen LogP contribution in [0.2, 0.25) is 0 Å². The molecule has 2 rings (SSSR count). The smallest absolute Gasteiger partial charge is 0.225 e. The second-order valence-electron chi connectivity index (χ2n) is 3.59. The van der Waals surface area contributed by atoms with Gasteiger partial charge in [-0.3, -0.25) is 4.79 Å². The van der Waals surface area contributed by atoms with Crippen molar-refractivity contribution in [3.05, 3.63) is 0 Å². The summed E-state index contributed by atoms with van der Waals surface area (Å²) in [4.78, 5) is 13.3. The largest absolute Gasteiger partial charge is 0.375 e. The third-order valence-electron chi connectivity index (χ3n) is 2.49. The number of carbonyl (C=O) groups is 1. The number of hydrogen-bond acceptors (Lipinski definition) is 2. The fourth-order valence-electron chi connectivity index (χ4n) is 1.55. The molecule has 0 unspecified atom stereocenters. The van der Waals surface area contributed by atoms with Crippen molar-refractivity contribution in [2.45, 2.75) is 25.9 Å². The van der Waals surface area contributed by atoms with Gasteiger partial charge in [-0.1, -0.05) is 0 Å². The lowest BCUT2D eigenvalue weighted by Gasteiger charge is -2.38. The monoisotopic (exact) mass is 169 g/mol. The highest BCUT2D eigenvalue weighted by molar-refractivity contribution is 5.81. The molecule has 2 fully saturated rings. The van der Waals surface area contributed by atoms with E-state index in [0.717, 1.165) is 32.5 Å². The molecule has 1 heterocycles. The molecular formula is C9H15NO2. The van der Waals surface area contributed by atoms with E-state index in [9.17, 15) is 4.79 Å². The molecule has 0 atom stereocenters. The summed E-state index contributed by atoms with van der Waals surface area (Å²) in [6.07, 6.45) is 2.53. The van der Waals surface area contributed by atoms with E-state index in [1.54, 1.807) is 0 Å². The molecule has 3 heteroatoms. The Labute approximate surface area is 72.7 Å². The van der Waals surface area contributed by atoms with E-state index < -0.39 is 0 Å². The normalized spacial score (nSPS) is 23.9. The SMILES string of the molecule is CCOC1CN(C(=O)C2CC2)C1. The average molecular weight is 169 g/mol. The molecule has 0 N–H and O–H groups in total. The number of ether oxygens (including phenoxy) is 1. The van der Waals surface area contributed by atoms with Crippen LogP contribution in [-0.4, -0.2) is 36.6 Å². The van der Waals surface area contributed by atoms with Crippen molar-refractivity contribution >= 4 is 5.91 Å². The van der Waals surface area contributed by atoms with Gasteiger partial charge in [0.1, 0.15) is 0 Å².